The lowest BCUT2D eigenvalue weighted by molar-refractivity contribution is 0.405. The second-order valence-corrected chi connectivity index (χ2v) is 5.50. The molecule has 2 rings (SSSR count). The number of likely N-dealkylation sites (N-methyl/N-ethyl adjacent to an activating group) is 1. The van der Waals surface area contributed by atoms with Crippen molar-refractivity contribution in [1.82, 2.24) is 5.32 Å². The van der Waals surface area contributed by atoms with Gasteiger partial charge in [0.1, 0.15) is 11.6 Å². The number of methoxy groups -OCH3 is 1. The Hall–Kier alpha value is -1.10. The van der Waals surface area contributed by atoms with Crippen LogP contribution in [0.2, 0.25) is 5.02 Å². The van der Waals surface area contributed by atoms with Gasteiger partial charge in [-0.2, -0.15) is 0 Å². The lowest BCUT2D eigenvalue weighted by Gasteiger charge is -2.16. The predicted molar refractivity (Wildman–Crippen MR) is 77.8 cm³/mol. The summed E-state index contributed by atoms with van der Waals surface area (Å²) >= 11 is 7.45. The maximum absolute atomic E-state index is 13.1. The number of ether oxygens (including phenoxy) is 1. The van der Waals surface area contributed by atoms with Gasteiger partial charge in [-0.3, -0.25) is 0 Å². The molecule has 2 nitrogen and oxygen atoms in total. The molecule has 0 aliphatic carbocycles. The lowest BCUT2D eigenvalue weighted by Crippen LogP contribution is -2.18. The van der Waals surface area contributed by atoms with Crippen molar-refractivity contribution in [3.8, 4) is 5.75 Å². The SMILES string of the molecule is CNC(Cc1ccc(F)c(Cl)c1)c1sccc1OC. The molecule has 2 aromatic rings. The van der Waals surface area contributed by atoms with Gasteiger partial charge in [-0.25, -0.2) is 4.39 Å². The average molecular weight is 300 g/mol. The maximum Gasteiger partial charge on any atom is 0.141 e. The molecule has 1 N–H and O–H groups in total. The molecule has 1 aromatic heterocycles. The molecule has 5 heteroatoms. The van der Waals surface area contributed by atoms with Crippen LogP contribution in [-0.4, -0.2) is 14.2 Å². The van der Waals surface area contributed by atoms with Gasteiger partial charge >= 0.3 is 0 Å². The van der Waals surface area contributed by atoms with Crippen LogP contribution >= 0.6 is 22.9 Å². The summed E-state index contributed by atoms with van der Waals surface area (Å²) in [5.74, 6) is 0.484. The van der Waals surface area contributed by atoms with Crippen LogP contribution in [0.25, 0.3) is 0 Å². The fraction of sp³-hybridized carbons (Fsp3) is 0.286. The van der Waals surface area contributed by atoms with E-state index in [1.165, 1.54) is 6.07 Å². The third kappa shape index (κ3) is 3.26. The molecule has 1 aromatic carbocycles. The molecule has 0 radical (unpaired) electrons. The minimum Gasteiger partial charge on any atom is -0.496 e. The first-order valence-electron chi connectivity index (χ1n) is 5.88. The van der Waals surface area contributed by atoms with E-state index in [0.717, 1.165) is 22.6 Å². The Morgan fingerprint density at radius 3 is 2.84 bits per heavy atom. The second-order valence-electron chi connectivity index (χ2n) is 4.15. The Morgan fingerprint density at radius 2 is 2.21 bits per heavy atom. The molecule has 0 amide bonds. The summed E-state index contributed by atoms with van der Waals surface area (Å²) < 4.78 is 18.5. The Kier molecular flexibility index (Phi) is 4.80. The molecule has 1 atom stereocenters. The van der Waals surface area contributed by atoms with Crippen molar-refractivity contribution in [3.05, 3.63) is 50.9 Å². The molecule has 0 fully saturated rings. The van der Waals surface area contributed by atoms with Crippen molar-refractivity contribution in [2.75, 3.05) is 14.2 Å². The van der Waals surface area contributed by atoms with Crippen LogP contribution < -0.4 is 10.1 Å². The van der Waals surface area contributed by atoms with E-state index in [2.05, 4.69) is 5.32 Å². The van der Waals surface area contributed by atoms with E-state index in [-0.39, 0.29) is 16.9 Å². The third-order valence-corrected chi connectivity index (χ3v) is 4.27. The Bertz CT molecular complexity index is 558. The van der Waals surface area contributed by atoms with Crippen molar-refractivity contribution in [2.24, 2.45) is 0 Å². The van der Waals surface area contributed by atoms with Crippen LogP contribution in [0.1, 0.15) is 16.5 Å². The number of hydrogen-bond donors (Lipinski definition) is 1. The van der Waals surface area contributed by atoms with Crippen LogP contribution in [-0.2, 0) is 6.42 Å². The van der Waals surface area contributed by atoms with E-state index in [0.29, 0.717) is 0 Å². The number of hydrogen-bond acceptors (Lipinski definition) is 3. The highest BCUT2D eigenvalue weighted by molar-refractivity contribution is 7.10. The van der Waals surface area contributed by atoms with Gasteiger partial charge < -0.3 is 10.1 Å². The molecule has 0 aliphatic rings. The van der Waals surface area contributed by atoms with Crippen molar-refractivity contribution < 1.29 is 9.13 Å². The van der Waals surface area contributed by atoms with Gasteiger partial charge in [-0.05, 0) is 42.6 Å². The molecule has 0 aliphatic heterocycles. The van der Waals surface area contributed by atoms with Crippen LogP contribution in [0, 0.1) is 5.82 Å². The zero-order valence-corrected chi connectivity index (χ0v) is 12.3. The predicted octanol–water partition coefficient (Wildman–Crippen LogP) is 4.05. The van der Waals surface area contributed by atoms with Crippen LogP contribution in [0.15, 0.2) is 29.6 Å². The molecule has 19 heavy (non-hydrogen) atoms. The summed E-state index contributed by atoms with van der Waals surface area (Å²) in [6.07, 6.45) is 0.730. The summed E-state index contributed by atoms with van der Waals surface area (Å²) in [7, 11) is 3.56. The molecular weight excluding hydrogens is 285 g/mol. The number of thiophene rings is 1. The van der Waals surface area contributed by atoms with Gasteiger partial charge in [-0.1, -0.05) is 17.7 Å². The maximum atomic E-state index is 13.1. The van der Waals surface area contributed by atoms with E-state index in [1.807, 2.05) is 18.5 Å². The summed E-state index contributed by atoms with van der Waals surface area (Å²) in [5, 5.41) is 5.41. The largest absolute Gasteiger partial charge is 0.496 e. The van der Waals surface area contributed by atoms with Crippen molar-refractivity contribution in [3.63, 3.8) is 0 Å². The number of rotatable bonds is 5. The monoisotopic (exact) mass is 299 g/mol. The first kappa shape index (κ1) is 14.3. The fourth-order valence-corrected chi connectivity index (χ4v) is 3.13. The summed E-state index contributed by atoms with van der Waals surface area (Å²) in [4.78, 5) is 1.13. The minimum atomic E-state index is -0.389. The molecule has 1 unspecified atom stereocenters. The van der Waals surface area contributed by atoms with Crippen molar-refractivity contribution >= 4 is 22.9 Å². The van der Waals surface area contributed by atoms with E-state index < -0.39 is 0 Å². The molecule has 0 saturated heterocycles. The van der Waals surface area contributed by atoms with E-state index in [9.17, 15) is 4.39 Å². The van der Waals surface area contributed by atoms with E-state index in [1.54, 1.807) is 30.6 Å². The molecule has 0 bridgehead atoms. The number of nitrogens with one attached hydrogen (secondary N) is 1. The first-order valence-corrected chi connectivity index (χ1v) is 7.14. The van der Waals surface area contributed by atoms with E-state index in [4.69, 9.17) is 16.3 Å². The zero-order chi connectivity index (χ0) is 13.8. The van der Waals surface area contributed by atoms with Gasteiger partial charge in [0, 0.05) is 6.04 Å². The fourth-order valence-electron chi connectivity index (χ4n) is 1.96. The second kappa shape index (κ2) is 6.37. The van der Waals surface area contributed by atoms with Gasteiger partial charge in [-0.15, -0.1) is 11.3 Å². The van der Waals surface area contributed by atoms with Crippen molar-refractivity contribution in [1.29, 1.82) is 0 Å². The lowest BCUT2D eigenvalue weighted by atomic mass is 10.0. The minimum absolute atomic E-state index is 0.122. The zero-order valence-electron chi connectivity index (χ0n) is 10.7. The normalized spacial score (nSPS) is 12.4. The average Bonchev–Trinajstić information content (AvgIpc) is 2.88. The highest BCUT2D eigenvalue weighted by Gasteiger charge is 2.17. The highest BCUT2D eigenvalue weighted by atomic mass is 35.5. The molecule has 0 saturated carbocycles. The summed E-state index contributed by atoms with van der Waals surface area (Å²) in [5.41, 5.74) is 0.987. The molecule has 1 heterocycles. The first-order chi connectivity index (χ1) is 9.15. The molecule has 0 spiro atoms. The Balaban J connectivity index is 2.21. The van der Waals surface area contributed by atoms with Crippen LogP contribution in [0.5, 0.6) is 5.75 Å². The number of halogens is 2. The molecule has 102 valence electrons. The summed E-state index contributed by atoms with van der Waals surface area (Å²) in [6, 6.07) is 6.89. The van der Waals surface area contributed by atoms with E-state index >= 15 is 0 Å². The summed E-state index contributed by atoms with van der Waals surface area (Å²) in [6.45, 7) is 0. The van der Waals surface area contributed by atoms with Gasteiger partial charge in [0.15, 0.2) is 0 Å². The highest BCUT2D eigenvalue weighted by Crippen LogP contribution is 2.33. The van der Waals surface area contributed by atoms with Gasteiger partial charge in [0.05, 0.1) is 17.0 Å². The Labute approximate surface area is 121 Å². The third-order valence-electron chi connectivity index (χ3n) is 2.97. The standard InChI is InChI=1S/C14H15ClFNOS/c1-17-12(14-13(18-2)5-6-19-14)8-9-3-4-11(16)10(15)7-9/h3-7,12,17H,8H2,1-2H3. The smallest absolute Gasteiger partial charge is 0.141 e. The van der Waals surface area contributed by atoms with Crippen LogP contribution in [0.4, 0.5) is 4.39 Å². The van der Waals surface area contributed by atoms with Gasteiger partial charge in [0.25, 0.3) is 0 Å². The topological polar surface area (TPSA) is 21.3 Å². The van der Waals surface area contributed by atoms with Crippen molar-refractivity contribution in [2.45, 2.75) is 12.5 Å². The molecular formula is C14H15ClFNOS. The Morgan fingerprint density at radius 1 is 1.42 bits per heavy atom. The van der Waals surface area contributed by atoms with Gasteiger partial charge in [0.2, 0.25) is 0 Å². The number of benzene rings is 1. The quantitative estimate of drug-likeness (QED) is 0.899. The van der Waals surface area contributed by atoms with Crippen LogP contribution in [0.3, 0.4) is 0 Å².